The Hall–Kier alpha value is -2.29. The number of carbonyl (C=O) groups is 2. The molecule has 1 unspecified atom stereocenters. The van der Waals surface area contributed by atoms with E-state index in [1.165, 1.54) is 77.0 Å². The average molecular weight is 809 g/mol. The van der Waals surface area contributed by atoms with Crippen LogP contribution in [0.15, 0.2) is 60.8 Å². The fraction of sp³-hybridized carbons (Fsp3) is 0.739. The summed E-state index contributed by atoms with van der Waals surface area (Å²) in [5.41, 5.74) is 0. The van der Waals surface area contributed by atoms with E-state index in [1.807, 2.05) is 21.1 Å². The van der Waals surface area contributed by atoms with Crippen molar-refractivity contribution in [2.45, 2.75) is 174 Å². The molecule has 0 saturated heterocycles. The third-order valence-corrected chi connectivity index (χ3v) is 10.0. The molecular formula is C46H83NO8P+. The van der Waals surface area contributed by atoms with Gasteiger partial charge in [0.15, 0.2) is 6.10 Å². The molecule has 0 radical (unpaired) electrons. The zero-order valence-corrected chi connectivity index (χ0v) is 37.2. The lowest BCUT2D eigenvalue weighted by Crippen LogP contribution is -2.37. The Bertz CT molecular complexity index is 1140. The lowest BCUT2D eigenvalue weighted by atomic mass is 10.1. The zero-order chi connectivity index (χ0) is 41.4. The molecule has 0 spiro atoms. The first-order valence-electron chi connectivity index (χ1n) is 22.0. The highest BCUT2D eigenvalue weighted by Crippen LogP contribution is 2.43. The van der Waals surface area contributed by atoms with Gasteiger partial charge in [0.25, 0.3) is 0 Å². The van der Waals surface area contributed by atoms with E-state index >= 15 is 0 Å². The second-order valence-corrected chi connectivity index (χ2v) is 17.2. The van der Waals surface area contributed by atoms with E-state index in [2.05, 4.69) is 74.6 Å². The summed E-state index contributed by atoms with van der Waals surface area (Å²) in [6, 6.07) is 0. The Balaban J connectivity index is 4.52. The van der Waals surface area contributed by atoms with E-state index in [9.17, 15) is 19.0 Å². The molecule has 0 heterocycles. The molecule has 0 aromatic rings. The van der Waals surface area contributed by atoms with Gasteiger partial charge in [0.1, 0.15) is 19.8 Å². The largest absolute Gasteiger partial charge is 0.472 e. The van der Waals surface area contributed by atoms with Crippen LogP contribution in [0, 0.1) is 0 Å². The van der Waals surface area contributed by atoms with Crippen molar-refractivity contribution >= 4 is 19.8 Å². The second kappa shape index (κ2) is 38.2. The van der Waals surface area contributed by atoms with Crippen LogP contribution in [0.2, 0.25) is 0 Å². The van der Waals surface area contributed by atoms with Gasteiger partial charge in [-0.15, -0.1) is 0 Å². The van der Waals surface area contributed by atoms with Crippen LogP contribution in [0.1, 0.15) is 168 Å². The molecule has 1 N–H and O–H groups in total. The minimum absolute atomic E-state index is 0.0154. The molecule has 2 atom stereocenters. The lowest BCUT2D eigenvalue weighted by molar-refractivity contribution is -0.870. The van der Waals surface area contributed by atoms with E-state index in [1.54, 1.807) is 0 Å². The maximum atomic E-state index is 12.7. The molecular weight excluding hydrogens is 725 g/mol. The van der Waals surface area contributed by atoms with Crippen molar-refractivity contribution in [3.8, 4) is 0 Å². The molecule has 0 bridgehead atoms. The molecule has 0 aliphatic heterocycles. The van der Waals surface area contributed by atoms with Crippen LogP contribution in [0.25, 0.3) is 0 Å². The van der Waals surface area contributed by atoms with Crippen LogP contribution in [0.5, 0.6) is 0 Å². The van der Waals surface area contributed by atoms with E-state index in [0.717, 1.165) is 44.9 Å². The highest BCUT2D eigenvalue weighted by molar-refractivity contribution is 7.47. The third kappa shape index (κ3) is 41.3. The molecule has 0 aliphatic carbocycles. The van der Waals surface area contributed by atoms with Gasteiger partial charge in [-0.05, 0) is 77.0 Å². The SMILES string of the molecule is CCCCCCCC/C=C/C/C=C/C/C=C/CCCC(=O)O[C@H](COC(=O)CCCC/C=C/C/C=C/CCCCCCCC)COP(=O)(O)OCC[N+](C)(C)C. The summed E-state index contributed by atoms with van der Waals surface area (Å²) in [4.78, 5) is 35.3. The number of rotatable bonds is 39. The smallest absolute Gasteiger partial charge is 0.462 e. The molecule has 0 aromatic heterocycles. The predicted octanol–water partition coefficient (Wildman–Crippen LogP) is 12.5. The number of likely N-dealkylation sites (N-methyl/N-ethyl adjacent to an activating group) is 1. The maximum absolute atomic E-state index is 12.7. The number of hydrogen-bond acceptors (Lipinski definition) is 7. The Morgan fingerprint density at radius 2 is 0.982 bits per heavy atom. The summed E-state index contributed by atoms with van der Waals surface area (Å²) in [5, 5.41) is 0. The number of nitrogens with zero attached hydrogens (tertiary/aromatic N) is 1. The predicted molar refractivity (Wildman–Crippen MR) is 233 cm³/mol. The Morgan fingerprint density at radius 1 is 0.554 bits per heavy atom. The van der Waals surface area contributed by atoms with Gasteiger partial charge >= 0.3 is 19.8 Å². The maximum Gasteiger partial charge on any atom is 0.472 e. The van der Waals surface area contributed by atoms with Crippen molar-refractivity contribution < 1.29 is 42.1 Å². The number of carbonyl (C=O) groups excluding carboxylic acids is 2. The first kappa shape index (κ1) is 53.7. The number of hydrogen-bond donors (Lipinski definition) is 1. The van der Waals surface area contributed by atoms with Gasteiger partial charge in [-0.25, -0.2) is 4.57 Å². The van der Waals surface area contributed by atoms with Gasteiger partial charge in [0, 0.05) is 12.8 Å². The zero-order valence-electron chi connectivity index (χ0n) is 36.3. The summed E-state index contributed by atoms with van der Waals surface area (Å²) in [5.74, 6) is -0.902. The van der Waals surface area contributed by atoms with E-state index in [0.29, 0.717) is 30.3 Å². The normalized spacial score (nSPS) is 14.2. The van der Waals surface area contributed by atoms with E-state index < -0.39 is 32.5 Å². The minimum atomic E-state index is -4.40. The minimum Gasteiger partial charge on any atom is -0.462 e. The molecule has 0 aromatic carbocycles. The number of quaternary nitrogens is 1. The van der Waals surface area contributed by atoms with Crippen LogP contribution in [-0.4, -0.2) is 74.9 Å². The molecule has 0 saturated carbocycles. The summed E-state index contributed by atoms with van der Waals surface area (Å²) in [6.07, 6.45) is 45.7. The number of phosphoric ester groups is 1. The quantitative estimate of drug-likeness (QED) is 0.0215. The van der Waals surface area contributed by atoms with Crippen molar-refractivity contribution in [3.05, 3.63) is 60.8 Å². The van der Waals surface area contributed by atoms with Crippen LogP contribution in [-0.2, 0) is 32.7 Å². The monoisotopic (exact) mass is 809 g/mol. The molecule has 0 amide bonds. The van der Waals surface area contributed by atoms with Crippen molar-refractivity contribution in [1.82, 2.24) is 0 Å². The Morgan fingerprint density at radius 3 is 1.48 bits per heavy atom. The molecule has 56 heavy (non-hydrogen) atoms. The van der Waals surface area contributed by atoms with Gasteiger partial charge in [-0.2, -0.15) is 0 Å². The van der Waals surface area contributed by atoms with Gasteiger partial charge in [0.2, 0.25) is 0 Å². The molecule has 0 rings (SSSR count). The number of ether oxygens (including phenoxy) is 2. The molecule has 0 aliphatic rings. The van der Waals surface area contributed by atoms with Gasteiger partial charge in [-0.3, -0.25) is 18.6 Å². The lowest BCUT2D eigenvalue weighted by Gasteiger charge is -2.24. The average Bonchev–Trinajstić information content (AvgIpc) is 3.15. The molecule has 0 fully saturated rings. The van der Waals surface area contributed by atoms with Crippen LogP contribution in [0.3, 0.4) is 0 Å². The first-order chi connectivity index (χ1) is 27.0. The fourth-order valence-corrected chi connectivity index (χ4v) is 6.27. The Kier molecular flexibility index (Phi) is 36.7. The van der Waals surface area contributed by atoms with E-state index in [-0.39, 0.29) is 26.1 Å². The number of allylic oxidation sites excluding steroid dienone is 10. The summed E-state index contributed by atoms with van der Waals surface area (Å²) >= 11 is 0. The third-order valence-electron chi connectivity index (χ3n) is 9.02. The highest BCUT2D eigenvalue weighted by atomic mass is 31.2. The van der Waals surface area contributed by atoms with E-state index in [4.69, 9.17) is 18.5 Å². The van der Waals surface area contributed by atoms with Crippen molar-refractivity contribution in [1.29, 1.82) is 0 Å². The highest BCUT2D eigenvalue weighted by Gasteiger charge is 2.27. The Labute approximate surface area is 343 Å². The van der Waals surface area contributed by atoms with Crippen LogP contribution < -0.4 is 0 Å². The fourth-order valence-electron chi connectivity index (χ4n) is 5.53. The number of esters is 2. The molecule has 324 valence electrons. The van der Waals surface area contributed by atoms with Crippen LogP contribution >= 0.6 is 7.82 Å². The van der Waals surface area contributed by atoms with Crippen LogP contribution in [0.4, 0.5) is 0 Å². The van der Waals surface area contributed by atoms with Crippen molar-refractivity contribution in [2.75, 3.05) is 47.5 Å². The van der Waals surface area contributed by atoms with Gasteiger partial charge < -0.3 is 18.9 Å². The first-order valence-corrected chi connectivity index (χ1v) is 23.5. The summed E-state index contributed by atoms with van der Waals surface area (Å²) in [6.45, 7) is 4.30. The summed E-state index contributed by atoms with van der Waals surface area (Å²) in [7, 11) is 1.42. The number of unbranched alkanes of at least 4 members (excludes halogenated alkanes) is 15. The van der Waals surface area contributed by atoms with Crippen molar-refractivity contribution in [3.63, 3.8) is 0 Å². The van der Waals surface area contributed by atoms with Gasteiger partial charge in [-0.1, -0.05) is 139 Å². The number of phosphoric acid groups is 1. The second-order valence-electron chi connectivity index (χ2n) is 15.7. The van der Waals surface area contributed by atoms with Crippen molar-refractivity contribution in [2.24, 2.45) is 0 Å². The van der Waals surface area contributed by atoms with Gasteiger partial charge in [0.05, 0.1) is 27.7 Å². The topological polar surface area (TPSA) is 108 Å². The molecule has 10 heteroatoms. The standard InChI is InChI=1S/C46H82NO8P/c1-6-8-10-12-14-16-18-20-22-23-25-27-29-31-33-35-37-39-46(49)55-44(43-54-56(50,51)53-41-40-47(3,4)5)42-52-45(48)38-36-34-32-30-28-26-24-21-19-17-15-13-11-9-7-2/h20-22,24-25,27-28,30-31,33,44H,6-19,23,26,29,32,34-43H2,1-5H3/p+1/b22-20+,24-21+,27-25+,30-28+,33-31+/t44-/m1/s1. The molecule has 9 nitrogen and oxygen atoms in total. The summed E-state index contributed by atoms with van der Waals surface area (Å²) < 4.78 is 34.2.